The molecule has 0 heterocycles. The number of methoxy groups -OCH3 is 1. The summed E-state index contributed by atoms with van der Waals surface area (Å²) in [7, 11) is -2.20. The van der Waals surface area contributed by atoms with Crippen LogP contribution in [0, 0.1) is 12.7 Å². The van der Waals surface area contributed by atoms with Crippen molar-refractivity contribution in [2.75, 3.05) is 39.2 Å². The number of ether oxygens (including phenoxy) is 2. The summed E-state index contributed by atoms with van der Waals surface area (Å²) in [6, 6.07) is 2.21. The Morgan fingerprint density at radius 2 is 2.00 bits per heavy atom. The topological polar surface area (TPSA) is 90.6 Å². The summed E-state index contributed by atoms with van der Waals surface area (Å²) >= 11 is 0. The van der Waals surface area contributed by atoms with E-state index in [1.54, 1.807) is 7.11 Å². The van der Waals surface area contributed by atoms with Gasteiger partial charge in [0.05, 0.1) is 18.1 Å². The van der Waals surface area contributed by atoms with Gasteiger partial charge in [0.2, 0.25) is 10.0 Å². The Labute approximate surface area is 124 Å². The van der Waals surface area contributed by atoms with Crippen molar-refractivity contribution in [1.29, 1.82) is 0 Å². The molecule has 0 fully saturated rings. The Morgan fingerprint density at radius 3 is 2.62 bits per heavy atom. The quantitative estimate of drug-likeness (QED) is 0.524. The molecule has 21 heavy (non-hydrogen) atoms. The van der Waals surface area contributed by atoms with E-state index in [9.17, 15) is 12.8 Å². The molecule has 0 unspecified atom stereocenters. The molecular weight excluding hydrogens is 299 g/mol. The minimum absolute atomic E-state index is 0.110. The van der Waals surface area contributed by atoms with E-state index in [0.29, 0.717) is 26.2 Å². The maximum Gasteiger partial charge on any atom is 0.240 e. The highest BCUT2D eigenvalue weighted by atomic mass is 32.2. The lowest BCUT2D eigenvalue weighted by Crippen LogP contribution is -2.26. The standard InChI is InChI=1S/C13H21FN2O4S/c1-10-12(14)8-11(9-13(10)15)21(17,18)16-4-3-5-20-7-6-19-2/h8-9,16H,3-7,15H2,1-2H3. The second-order valence-electron chi connectivity index (χ2n) is 4.48. The van der Waals surface area contributed by atoms with Gasteiger partial charge >= 0.3 is 0 Å². The van der Waals surface area contributed by atoms with Crippen molar-refractivity contribution >= 4 is 15.7 Å². The van der Waals surface area contributed by atoms with Gasteiger partial charge in [-0.1, -0.05) is 0 Å². The predicted octanol–water partition coefficient (Wildman–Crippen LogP) is 1.05. The molecule has 3 N–H and O–H groups in total. The van der Waals surface area contributed by atoms with Crippen LogP contribution in [-0.4, -0.2) is 41.9 Å². The molecule has 0 bridgehead atoms. The van der Waals surface area contributed by atoms with E-state index >= 15 is 0 Å². The van der Waals surface area contributed by atoms with E-state index < -0.39 is 15.8 Å². The van der Waals surface area contributed by atoms with Crippen molar-refractivity contribution in [2.24, 2.45) is 0 Å². The summed E-state index contributed by atoms with van der Waals surface area (Å²) in [5.41, 5.74) is 5.92. The molecule has 0 radical (unpaired) electrons. The van der Waals surface area contributed by atoms with Crippen LogP contribution in [-0.2, 0) is 19.5 Å². The highest BCUT2D eigenvalue weighted by molar-refractivity contribution is 7.89. The highest BCUT2D eigenvalue weighted by Gasteiger charge is 2.16. The molecule has 1 aromatic carbocycles. The zero-order valence-corrected chi connectivity index (χ0v) is 13.0. The molecule has 0 aliphatic heterocycles. The fraction of sp³-hybridized carbons (Fsp3) is 0.538. The second kappa shape index (κ2) is 8.28. The molecule has 1 rings (SSSR count). The van der Waals surface area contributed by atoms with Gasteiger partial charge in [0, 0.05) is 31.5 Å². The van der Waals surface area contributed by atoms with Crippen LogP contribution >= 0.6 is 0 Å². The number of sulfonamides is 1. The first-order valence-corrected chi connectivity index (χ1v) is 7.98. The summed E-state index contributed by atoms with van der Waals surface area (Å²) < 4.78 is 49.9. The third-order valence-electron chi connectivity index (χ3n) is 2.86. The molecule has 1 aromatic rings. The molecule has 6 nitrogen and oxygen atoms in total. The first kappa shape index (κ1) is 17.8. The van der Waals surface area contributed by atoms with Crippen LogP contribution in [0.5, 0.6) is 0 Å². The maximum atomic E-state index is 13.5. The van der Waals surface area contributed by atoms with Crippen LogP contribution in [0.4, 0.5) is 10.1 Å². The van der Waals surface area contributed by atoms with E-state index in [4.69, 9.17) is 15.2 Å². The number of nitrogens with two attached hydrogens (primary N) is 1. The molecule has 0 aliphatic rings. The van der Waals surface area contributed by atoms with Crippen molar-refractivity contribution in [1.82, 2.24) is 4.72 Å². The number of halogens is 1. The van der Waals surface area contributed by atoms with Gasteiger partial charge < -0.3 is 15.2 Å². The van der Waals surface area contributed by atoms with Gasteiger partial charge in [-0.05, 0) is 25.5 Å². The number of hydrogen-bond acceptors (Lipinski definition) is 5. The van der Waals surface area contributed by atoms with Gasteiger partial charge in [0.1, 0.15) is 5.82 Å². The summed E-state index contributed by atoms with van der Waals surface area (Å²) in [6.07, 6.45) is 0.507. The predicted molar refractivity (Wildman–Crippen MR) is 78.0 cm³/mol. The fourth-order valence-corrected chi connectivity index (χ4v) is 2.66. The number of rotatable bonds is 9. The van der Waals surface area contributed by atoms with Crippen LogP contribution in [0.3, 0.4) is 0 Å². The number of hydrogen-bond donors (Lipinski definition) is 2. The summed E-state index contributed by atoms with van der Waals surface area (Å²) in [5.74, 6) is -0.640. The largest absolute Gasteiger partial charge is 0.398 e. The molecule has 0 aliphatic carbocycles. The van der Waals surface area contributed by atoms with Gasteiger partial charge in [-0.25, -0.2) is 17.5 Å². The average molecular weight is 320 g/mol. The number of anilines is 1. The fourth-order valence-electron chi connectivity index (χ4n) is 1.54. The minimum Gasteiger partial charge on any atom is -0.398 e. The summed E-state index contributed by atoms with van der Waals surface area (Å²) in [4.78, 5) is -0.177. The van der Waals surface area contributed by atoms with Crippen molar-refractivity contribution in [2.45, 2.75) is 18.2 Å². The first-order chi connectivity index (χ1) is 9.88. The van der Waals surface area contributed by atoms with Gasteiger partial charge in [-0.2, -0.15) is 0 Å². The Hall–Kier alpha value is -1.22. The average Bonchev–Trinajstić information content (AvgIpc) is 2.43. The lowest BCUT2D eigenvalue weighted by Gasteiger charge is -2.09. The number of nitrogens with one attached hydrogen (secondary N) is 1. The van der Waals surface area contributed by atoms with Gasteiger partial charge in [-0.3, -0.25) is 0 Å². The van der Waals surface area contributed by atoms with Crippen LogP contribution in [0.2, 0.25) is 0 Å². The van der Waals surface area contributed by atoms with E-state index in [1.807, 2.05) is 0 Å². The van der Waals surface area contributed by atoms with Crippen LogP contribution in [0.25, 0.3) is 0 Å². The zero-order valence-electron chi connectivity index (χ0n) is 12.2. The monoisotopic (exact) mass is 320 g/mol. The summed E-state index contributed by atoms with van der Waals surface area (Å²) in [6.45, 7) is 3.06. The highest BCUT2D eigenvalue weighted by Crippen LogP contribution is 2.20. The van der Waals surface area contributed by atoms with Crippen molar-refractivity contribution < 1.29 is 22.3 Å². The lowest BCUT2D eigenvalue weighted by molar-refractivity contribution is 0.0699. The molecule has 0 amide bonds. The number of benzene rings is 1. The van der Waals surface area contributed by atoms with E-state index in [1.165, 1.54) is 13.0 Å². The first-order valence-electron chi connectivity index (χ1n) is 6.50. The van der Waals surface area contributed by atoms with Gasteiger partial charge in [-0.15, -0.1) is 0 Å². The van der Waals surface area contributed by atoms with Gasteiger partial charge in [0.15, 0.2) is 0 Å². The smallest absolute Gasteiger partial charge is 0.240 e. The van der Waals surface area contributed by atoms with Crippen LogP contribution < -0.4 is 10.5 Å². The van der Waals surface area contributed by atoms with E-state index in [-0.39, 0.29) is 22.7 Å². The minimum atomic E-state index is -3.77. The molecule has 0 saturated carbocycles. The molecule has 8 heteroatoms. The molecule has 0 spiro atoms. The maximum absolute atomic E-state index is 13.5. The van der Waals surface area contributed by atoms with Crippen molar-refractivity contribution in [3.05, 3.63) is 23.5 Å². The van der Waals surface area contributed by atoms with Crippen molar-refractivity contribution in [3.63, 3.8) is 0 Å². The third kappa shape index (κ3) is 5.58. The molecule has 120 valence electrons. The second-order valence-corrected chi connectivity index (χ2v) is 6.24. The SMILES string of the molecule is COCCOCCCNS(=O)(=O)c1cc(N)c(C)c(F)c1. The molecule has 0 aromatic heterocycles. The van der Waals surface area contributed by atoms with Crippen molar-refractivity contribution in [3.8, 4) is 0 Å². The molecule has 0 saturated heterocycles. The Morgan fingerprint density at radius 1 is 1.29 bits per heavy atom. The Balaban J connectivity index is 2.51. The van der Waals surface area contributed by atoms with Crippen LogP contribution in [0.1, 0.15) is 12.0 Å². The molecular formula is C13H21FN2O4S. The summed E-state index contributed by atoms with van der Waals surface area (Å²) in [5, 5.41) is 0. The van der Waals surface area contributed by atoms with Crippen LogP contribution in [0.15, 0.2) is 17.0 Å². The Kier molecular flexibility index (Phi) is 7.03. The lowest BCUT2D eigenvalue weighted by atomic mass is 10.2. The third-order valence-corrected chi connectivity index (χ3v) is 4.30. The van der Waals surface area contributed by atoms with E-state index in [2.05, 4.69) is 4.72 Å². The molecule has 0 atom stereocenters. The van der Waals surface area contributed by atoms with E-state index in [0.717, 1.165) is 6.07 Å². The van der Waals surface area contributed by atoms with Gasteiger partial charge in [0.25, 0.3) is 0 Å². The number of nitrogen functional groups attached to an aromatic ring is 1. The Bertz CT molecular complexity index is 540. The zero-order chi connectivity index (χ0) is 15.9. The normalized spacial score (nSPS) is 11.8.